The van der Waals surface area contributed by atoms with Crippen LogP contribution in [0.3, 0.4) is 0 Å². The summed E-state index contributed by atoms with van der Waals surface area (Å²) in [5.74, 6) is -0.225. The molecular formula is C29H37N3OSi. The second-order valence-electron chi connectivity index (χ2n) is 9.92. The van der Waals surface area contributed by atoms with Gasteiger partial charge in [0.05, 0.1) is 19.5 Å². The highest BCUT2D eigenvalue weighted by Crippen LogP contribution is 2.43. The first-order chi connectivity index (χ1) is 16.2. The summed E-state index contributed by atoms with van der Waals surface area (Å²) in [7, 11) is -1.73. The number of rotatable bonds is 8. The highest BCUT2D eigenvalue weighted by atomic mass is 28.3. The largest absolute Gasteiger partial charge is 0.320 e. The van der Waals surface area contributed by atoms with Gasteiger partial charge in [-0.25, -0.2) is 4.98 Å². The third-order valence-corrected chi connectivity index (χ3v) is 13.8. The van der Waals surface area contributed by atoms with Gasteiger partial charge < -0.3 is 5.32 Å². The summed E-state index contributed by atoms with van der Waals surface area (Å²) in [6.07, 6.45) is 3.99. The predicted octanol–water partition coefficient (Wildman–Crippen LogP) is 7.94. The monoisotopic (exact) mass is 471 g/mol. The zero-order valence-corrected chi connectivity index (χ0v) is 22.5. The first kappa shape index (κ1) is 25.6. The third kappa shape index (κ3) is 5.36. The maximum Gasteiger partial charge on any atom is 0.274 e. The van der Waals surface area contributed by atoms with Crippen LogP contribution in [0.15, 0.2) is 66.5 Å². The quantitative estimate of drug-likeness (QED) is 0.339. The van der Waals surface area contributed by atoms with Gasteiger partial charge in [-0.2, -0.15) is 0 Å². The Balaban J connectivity index is 2.05. The summed E-state index contributed by atoms with van der Waals surface area (Å²) in [6.45, 7) is 16.1. The third-order valence-electron chi connectivity index (χ3n) is 7.01. The molecule has 0 radical (unpaired) electrons. The van der Waals surface area contributed by atoms with E-state index in [0.717, 1.165) is 28.2 Å². The molecule has 4 nitrogen and oxygen atoms in total. The lowest BCUT2D eigenvalue weighted by atomic mass is 10.1. The molecule has 0 aliphatic heterocycles. The number of nitrogens with one attached hydrogen (secondary N) is 1. The van der Waals surface area contributed by atoms with Crippen LogP contribution in [0.5, 0.6) is 0 Å². The lowest BCUT2D eigenvalue weighted by molar-refractivity contribution is 0.102. The van der Waals surface area contributed by atoms with Crippen LogP contribution in [0.25, 0.3) is 17.5 Å². The number of pyridine rings is 2. The molecule has 0 unspecified atom stereocenters. The van der Waals surface area contributed by atoms with E-state index in [1.807, 2.05) is 61.5 Å². The molecule has 0 fully saturated rings. The van der Waals surface area contributed by atoms with E-state index in [4.69, 9.17) is 4.98 Å². The number of nitrogens with zero attached hydrogens (tertiary/aromatic N) is 2. The van der Waals surface area contributed by atoms with Crippen molar-refractivity contribution in [2.45, 2.75) is 65.1 Å². The molecule has 0 bridgehead atoms. The number of para-hydroxylation sites is 1. The Morgan fingerprint density at radius 2 is 1.53 bits per heavy atom. The smallest absolute Gasteiger partial charge is 0.274 e. The minimum absolute atomic E-state index is 0.225. The Labute approximate surface area is 205 Å². The van der Waals surface area contributed by atoms with Crippen molar-refractivity contribution in [2.75, 3.05) is 5.32 Å². The van der Waals surface area contributed by atoms with Crippen molar-refractivity contribution in [1.29, 1.82) is 0 Å². The van der Waals surface area contributed by atoms with E-state index >= 15 is 0 Å². The Kier molecular flexibility index (Phi) is 8.21. The SMILES string of the molecule is Cc1ccccc1NC(=O)c1ccc(/C=C/[Si](C(C)C)(C(C)C)C(C)C)c(-c2ccccn2)n1. The first-order valence-electron chi connectivity index (χ1n) is 12.2. The minimum Gasteiger partial charge on any atom is -0.320 e. The first-order valence-corrected chi connectivity index (χ1v) is 14.5. The molecule has 0 saturated carbocycles. The Morgan fingerprint density at radius 1 is 0.882 bits per heavy atom. The fourth-order valence-electron chi connectivity index (χ4n) is 5.15. The van der Waals surface area contributed by atoms with E-state index in [9.17, 15) is 4.79 Å². The summed E-state index contributed by atoms with van der Waals surface area (Å²) in [5.41, 5.74) is 9.01. The van der Waals surface area contributed by atoms with Crippen molar-refractivity contribution in [3.63, 3.8) is 0 Å². The maximum absolute atomic E-state index is 13.0. The molecule has 5 heteroatoms. The molecule has 34 heavy (non-hydrogen) atoms. The van der Waals surface area contributed by atoms with Gasteiger partial charge in [0.1, 0.15) is 5.69 Å². The van der Waals surface area contributed by atoms with Gasteiger partial charge in [-0.15, -0.1) is 0 Å². The van der Waals surface area contributed by atoms with Gasteiger partial charge in [0.25, 0.3) is 5.91 Å². The van der Waals surface area contributed by atoms with Crippen molar-refractivity contribution in [3.8, 4) is 11.4 Å². The topological polar surface area (TPSA) is 54.9 Å². The Morgan fingerprint density at radius 3 is 2.12 bits per heavy atom. The van der Waals surface area contributed by atoms with E-state index < -0.39 is 8.07 Å². The molecule has 178 valence electrons. The maximum atomic E-state index is 13.0. The van der Waals surface area contributed by atoms with Gasteiger partial charge in [0, 0.05) is 17.4 Å². The van der Waals surface area contributed by atoms with E-state index in [1.54, 1.807) is 6.20 Å². The number of hydrogen-bond donors (Lipinski definition) is 1. The van der Waals surface area contributed by atoms with E-state index in [0.29, 0.717) is 22.3 Å². The molecule has 1 amide bonds. The zero-order chi connectivity index (χ0) is 24.9. The number of carbonyl (C=O) groups excluding carboxylic acids is 1. The highest BCUT2D eigenvalue weighted by Gasteiger charge is 2.40. The van der Waals surface area contributed by atoms with Crippen LogP contribution >= 0.6 is 0 Å². The normalized spacial score (nSPS) is 12.2. The Hall–Kier alpha value is -3.05. The average Bonchev–Trinajstić information content (AvgIpc) is 2.81. The molecule has 0 aliphatic carbocycles. The van der Waals surface area contributed by atoms with Crippen LogP contribution in [-0.4, -0.2) is 23.9 Å². The second kappa shape index (κ2) is 10.9. The van der Waals surface area contributed by atoms with Gasteiger partial charge in [0.15, 0.2) is 0 Å². The van der Waals surface area contributed by atoms with Gasteiger partial charge in [-0.3, -0.25) is 9.78 Å². The Bertz CT molecular complexity index is 1130. The van der Waals surface area contributed by atoms with Crippen molar-refractivity contribution >= 4 is 25.7 Å². The standard InChI is InChI=1S/C29H37N3OSi/c1-20(2)34(21(3)4,22(5)6)19-17-24-15-16-27(31-28(24)26-14-10-11-18-30-26)29(33)32-25-13-9-8-12-23(25)7/h8-22H,1-7H3,(H,32,33)/b19-17+. The van der Waals surface area contributed by atoms with Crippen LogP contribution in [0.4, 0.5) is 5.69 Å². The van der Waals surface area contributed by atoms with Crippen molar-refractivity contribution in [1.82, 2.24) is 9.97 Å². The second-order valence-corrected chi connectivity index (χ2v) is 15.7. The molecule has 0 atom stereocenters. The van der Waals surface area contributed by atoms with Crippen LogP contribution < -0.4 is 5.32 Å². The zero-order valence-electron chi connectivity index (χ0n) is 21.5. The van der Waals surface area contributed by atoms with E-state index in [1.165, 1.54) is 0 Å². The summed E-state index contributed by atoms with van der Waals surface area (Å²) in [5, 5.41) is 2.99. The lowest BCUT2D eigenvalue weighted by Crippen LogP contribution is -2.42. The number of benzene rings is 1. The number of carbonyl (C=O) groups is 1. The fraction of sp³-hybridized carbons (Fsp3) is 0.345. The molecular weight excluding hydrogens is 434 g/mol. The number of hydrogen-bond acceptors (Lipinski definition) is 3. The van der Waals surface area contributed by atoms with Crippen LogP contribution in [0.2, 0.25) is 16.6 Å². The van der Waals surface area contributed by atoms with Gasteiger partial charge >= 0.3 is 0 Å². The molecule has 2 heterocycles. The molecule has 1 N–H and O–H groups in total. The van der Waals surface area contributed by atoms with Crippen LogP contribution in [0, 0.1) is 6.92 Å². The van der Waals surface area contributed by atoms with Crippen molar-refractivity contribution in [2.24, 2.45) is 0 Å². The number of anilines is 1. The fourth-order valence-corrected chi connectivity index (χ4v) is 10.8. The highest BCUT2D eigenvalue weighted by molar-refractivity contribution is 6.88. The number of aryl methyl sites for hydroxylation is 1. The summed E-state index contributed by atoms with van der Waals surface area (Å²) >= 11 is 0. The van der Waals surface area contributed by atoms with E-state index in [2.05, 4.69) is 63.6 Å². The molecule has 0 spiro atoms. The van der Waals surface area contributed by atoms with Crippen molar-refractivity contribution in [3.05, 3.63) is 83.3 Å². The summed E-state index contributed by atoms with van der Waals surface area (Å²) in [6, 6.07) is 17.3. The summed E-state index contributed by atoms with van der Waals surface area (Å²) < 4.78 is 0. The predicted molar refractivity (Wildman–Crippen MR) is 147 cm³/mol. The van der Waals surface area contributed by atoms with E-state index in [-0.39, 0.29) is 5.91 Å². The van der Waals surface area contributed by atoms with Crippen molar-refractivity contribution < 1.29 is 4.79 Å². The molecule has 3 rings (SSSR count). The minimum atomic E-state index is -1.73. The molecule has 3 aromatic rings. The molecule has 0 saturated heterocycles. The van der Waals surface area contributed by atoms with Gasteiger partial charge in [-0.05, 0) is 53.4 Å². The van der Waals surface area contributed by atoms with Gasteiger partial charge in [0.2, 0.25) is 0 Å². The molecule has 2 aromatic heterocycles. The lowest BCUT2D eigenvalue weighted by Gasteiger charge is -2.40. The number of aromatic nitrogens is 2. The van der Waals surface area contributed by atoms with Crippen LogP contribution in [-0.2, 0) is 0 Å². The van der Waals surface area contributed by atoms with Gasteiger partial charge in [-0.1, -0.05) is 83.6 Å². The molecule has 1 aromatic carbocycles. The van der Waals surface area contributed by atoms with Crippen LogP contribution in [0.1, 0.15) is 63.2 Å². The summed E-state index contributed by atoms with van der Waals surface area (Å²) in [4.78, 5) is 22.4. The number of amides is 1. The average molecular weight is 472 g/mol. The molecule has 0 aliphatic rings.